The number of carbonyl (C=O) groups excluding carboxylic acids is 1. The predicted octanol–water partition coefficient (Wildman–Crippen LogP) is 5.12. The zero-order chi connectivity index (χ0) is 24.1. The highest BCUT2D eigenvalue weighted by molar-refractivity contribution is 5.96. The van der Waals surface area contributed by atoms with Crippen LogP contribution in [-0.4, -0.2) is 26.5 Å². The molecule has 1 heterocycles. The van der Waals surface area contributed by atoms with E-state index in [4.69, 9.17) is 0 Å². The van der Waals surface area contributed by atoms with Crippen LogP contribution in [0.3, 0.4) is 0 Å². The Balaban J connectivity index is 1.99. The molecule has 1 N–H and O–H groups in total. The van der Waals surface area contributed by atoms with Crippen LogP contribution in [0.2, 0.25) is 0 Å². The first-order chi connectivity index (χ1) is 15.7. The highest BCUT2D eigenvalue weighted by atomic mass is 16.4. The van der Waals surface area contributed by atoms with Crippen molar-refractivity contribution in [1.29, 1.82) is 0 Å². The topological polar surface area (TPSA) is 81.3 Å². The van der Waals surface area contributed by atoms with Crippen LogP contribution in [0.25, 0.3) is 11.1 Å². The largest absolute Gasteiger partial charge is 0.478 e. The molecule has 0 aliphatic carbocycles. The molecule has 0 aliphatic heterocycles. The summed E-state index contributed by atoms with van der Waals surface area (Å²) in [5, 5.41) is 9.47. The Morgan fingerprint density at radius 2 is 1.64 bits per heavy atom. The highest BCUT2D eigenvalue weighted by Crippen LogP contribution is 2.25. The van der Waals surface area contributed by atoms with Gasteiger partial charge in [0, 0.05) is 6.54 Å². The SMILES string of the molecule is CC(C)CCc1c(C=O)n(CC(C)C)c(=O)n1Cc1ccc(-c2ccccc2C(=O)O)cc1. The van der Waals surface area contributed by atoms with Crippen molar-refractivity contribution in [2.24, 2.45) is 11.8 Å². The number of benzene rings is 2. The Bertz CT molecular complexity index is 1180. The molecule has 0 bridgehead atoms. The number of carboxylic acid groups (broad SMARTS) is 1. The molecule has 6 nitrogen and oxygen atoms in total. The van der Waals surface area contributed by atoms with Crippen molar-refractivity contribution in [2.75, 3.05) is 0 Å². The fourth-order valence-electron chi connectivity index (χ4n) is 4.08. The van der Waals surface area contributed by atoms with E-state index in [1.54, 1.807) is 27.3 Å². The molecule has 0 saturated heterocycles. The van der Waals surface area contributed by atoms with Gasteiger partial charge in [0.1, 0.15) is 5.69 Å². The number of carbonyl (C=O) groups is 2. The summed E-state index contributed by atoms with van der Waals surface area (Å²) in [6.45, 7) is 9.17. The predicted molar refractivity (Wildman–Crippen MR) is 130 cm³/mol. The summed E-state index contributed by atoms with van der Waals surface area (Å²) in [5.74, 6) is -0.275. The van der Waals surface area contributed by atoms with Gasteiger partial charge in [-0.1, -0.05) is 70.2 Å². The molecule has 0 unspecified atom stereocenters. The van der Waals surface area contributed by atoms with Crippen molar-refractivity contribution in [3.8, 4) is 11.1 Å². The van der Waals surface area contributed by atoms with Gasteiger partial charge in [-0.05, 0) is 47.4 Å². The molecule has 33 heavy (non-hydrogen) atoms. The molecule has 0 fully saturated rings. The maximum atomic E-state index is 13.3. The third kappa shape index (κ3) is 5.51. The average Bonchev–Trinajstić information content (AvgIpc) is 3.02. The molecule has 3 rings (SSSR count). The molecule has 0 radical (unpaired) electrons. The van der Waals surface area contributed by atoms with Gasteiger partial charge in [0.05, 0.1) is 17.8 Å². The average molecular weight is 449 g/mol. The molecule has 174 valence electrons. The zero-order valence-electron chi connectivity index (χ0n) is 19.7. The van der Waals surface area contributed by atoms with Gasteiger partial charge in [-0.15, -0.1) is 0 Å². The second kappa shape index (κ2) is 10.5. The van der Waals surface area contributed by atoms with E-state index in [-0.39, 0.29) is 17.2 Å². The van der Waals surface area contributed by atoms with Crippen LogP contribution in [0.1, 0.15) is 66.2 Å². The maximum Gasteiger partial charge on any atom is 0.336 e. The Morgan fingerprint density at radius 1 is 0.970 bits per heavy atom. The van der Waals surface area contributed by atoms with E-state index in [1.807, 2.05) is 44.2 Å². The van der Waals surface area contributed by atoms with E-state index in [2.05, 4.69) is 13.8 Å². The van der Waals surface area contributed by atoms with Crippen LogP contribution in [-0.2, 0) is 19.5 Å². The van der Waals surface area contributed by atoms with Crippen LogP contribution < -0.4 is 5.69 Å². The molecule has 0 aliphatic rings. The van der Waals surface area contributed by atoms with Gasteiger partial charge in [-0.25, -0.2) is 9.59 Å². The van der Waals surface area contributed by atoms with Crippen LogP contribution in [0.15, 0.2) is 53.3 Å². The van der Waals surface area contributed by atoms with Crippen LogP contribution in [0.4, 0.5) is 0 Å². The fraction of sp³-hybridized carbons (Fsp3) is 0.370. The molecular formula is C27H32N2O4. The molecule has 0 amide bonds. The number of aldehydes is 1. The minimum absolute atomic E-state index is 0.162. The van der Waals surface area contributed by atoms with E-state index >= 15 is 0 Å². The summed E-state index contributed by atoms with van der Waals surface area (Å²) in [7, 11) is 0. The molecular weight excluding hydrogens is 416 g/mol. The smallest absolute Gasteiger partial charge is 0.336 e. The van der Waals surface area contributed by atoms with Gasteiger partial charge >= 0.3 is 11.7 Å². The van der Waals surface area contributed by atoms with Crippen LogP contribution in [0.5, 0.6) is 0 Å². The van der Waals surface area contributed by atoms with Crippen LogP contribution >= 0.6 is 0 Å². The summed E-state index contributed by atoms with van der Waals surface area (Å²) in [6.07, 6.45) is 2.36. The van der Waals surface area contributed by atoms with Gasteiger partial charge < -0.3 is 5.11 Å². The van der Waals surface area contributed by atoms with E-state index in [1.165, 1.54) is 0 Å². The highest BCUT2D eigenvalue weighted by Gasteiger charge is 2.20. The molecule has 1 aromatic heterocycles. The van der Waals surface area contributed by atoms with Crippen molar-refractivity contribution in [2.45, 2.75) is 53.6 Å². The molecule has 3 aromatic rings. The number of carboxylic acids is 1. The van der Waals surface area contributed by atoms with Gasteiger partial charge in [-0.2, -0.15) is 0 Å². The van der Waals surface area contributed by atoms with Gasteiger partial charge in [0.25, 0.3) is 0 Å². The number of rotatable bonds is 10. The number of imidazole rings is 1. The fourth-order valence-corrected chi connectivity index (χ4v) is 4.08. The van der Waals surface area contributed by atoms with E-state index in [0.717, 1.165) is 29.5 Å². The number of nitrogens with zero attached hydrogens (tertiary/aromatic N) is 2. The summed E-state index contributed by atoms with van der Waals surface area (Å²) >= 11 is 0. The third-order valence-electron chi connectivity index (χ3n) is 5.76. The van der Waals surface area contributed by atoms with Gasteiger partial charge in [0.15, 0.2) is 6.29 Å². The normalized spacial score (nSPS) is 11.3. The molecule has 0 atom stereocenters. The Morgan fingerprint density at radius 3 is 2.21 bits per heavy atom. The zero-order valence-corrected chi connectivity index (χ0v) is 19.7. The summed E-state index contributed by atoms with van der Waals surface area (Å²) in [6, 6.07) is 14.5. The summed E-state index contributed by atoms with van der Waals surface area (Å²) in [4.78, 5) is 36.8. The minimum atomic E-state index is -0.969. The quantitative estimate of drug-likeness (QED) is 0.437. The number of hydrogen-bond acceptors (Lipinski definition) is 3. The second-order valence-electron chi connectivity index (χ2n) is 9.30. The number of hydrogen-bond donors (Lipinski definition) is 1. The Kier molecular flexibility index (Phi) is 7.69. The molecule has 6 heteroatoms. The first kappa shape index (κ1) is 24.2. The lowest BCUT2D eigenvalue weighted by Crippen LogP contribution is -2.27. The molecule has 2 aromatic carbocycles. The lowest BCUT2D eigenvalue weighted by Gasteiger charge is -2.11. The van der Waals surface area contributed by atoms with Gasteiger partial charge in [-0.3, -0.25) is 13.9 Å². The van der Waals surface area contributed by atoms with E-state index < -0.39 is 5.97 Å². The van der Waals surface area contributed by atoms with Crippen molar-refractivity contribution in [3.05, 3.63) is 81.5 Å². The second-order valence-corrected chi connectivity index (χ2v) is 9.30. The Hall–Kier alpha value is -3.41. The monoisotopic (exact) mass is 448 g/mol. The third-order valence-corrected chi connectivity index (χ3v) is 5.76. The van der Waals surface area contributed by atoms with E-state index in [9.17, 15) is 19.5 Å². The first-order valence-electron chi connectivity index (χ1n) is 11.4. The van der Waals surface area contributed by atoms with Crippen molar-refractivity contribution >= 4 is 12.3 Å². The van der Waals surface area contributed by atoms with E-state index in [0.29, 0.717) is 36.7 Å². The number of aromatic nitrogens is 2. The van der Waals surface area contributed by atoms with Crippen LogP contribution in [0, 0.1) is 11.8 Å². The maximum absolute atomic E-state index is 13.3. The van der Waals surface area contributed by atoms with Crippen molar-refractivity contribution < 1.29 is 14.7 Å². The van der Waals surface area contributed by atoms with Crippen molar-refractivity contribution in [1.82, 2.24) is 9.13 Å². The molecule has 0 saturated carbocycles. The molecule has 0 spiro atoms. The lowest BCUT2D eigenvalue weighted by molar-refractivity contribution is 0.0697. The standard InChI is InChI=1S/C27H32N2O4/c1-18(2)9-14-24-25(17-30)28(15-19(3)4)27(33)29(24)16-20-10-12-21(13-11-20)22-7-5-6-8-23(22)26(31)32/h5-8,10-13,17-19H,9,14-16H2,1-4H3,(H,31,32). The first-order valence-corrected chi connectivity index (χ1v) is 11.4. The number of aromatic carboxylic acids is 1. The van der Waals surface area contributed by atoms with Gasteiger partial charge in [0.2, 0.25) is 0 Å². The van der Waals surface area contributed by atoms with Crippen molar-refractivity contribution in [3.63, 3.8) is 0 Å². The minimum Gasteiger partial charge on any atom is -0.478 e. The Labute approximate surface area is 194 Å². The summed E-state index contributed by atoms with van der Waals surface area (Å²) in [5.41, 5.74) is 3.71. The summed E-state index contributed by atoms with van der Waals surface area (Å²) < 4.78 is 3.32. The lowest BCUT2D eigenvalue weighted by atomic mass is 9.98.